The lowest BCUT2D eigenvalue weighted by molar-refractivity contribution is 0.0324. The van der Waals surface area contributed by atoms with E-state index in [4.69, 9.17) is 4.74 Å². The number of likely N-dealkylation sites (N-methyl/N-ethyl adjacent to an activating group) is 1. The summed E-state index contributed by atoms with van der Waals surface area (Å²) in [6, 6.07) is 8.20. The number of hydrogen-bond donors (Lipinski definition) is 2. The van der Waals surface area contributed by atoms with Gasteiger partial charge in [-0.2, -0.15) is 0 Å². The summed E-state index contributed by atoms with van der Waals surface area (Å²) in [5, 5.41) is 19.1. The van der Waals surface area contributed by atoms with Crippen LogP contribution in [-0.4, -0.2) is 101 Å². The lowest BCUT2D eigenvalue weighted by Crippen LogP contribution is -2.49. The largest absolute Gasteiger partial charge is 0.478 e. The Morgan fingerprint density at radius 3 is 2.73 bits per heavy atom. The van der Waals surface area contributed by atoms with Crippen LogP contribution in [0, 0.1) is 17.8 Å². The third-order valence-corrected chi connectivity index (χ3v) is 6.27. The average Bonchev–Trinajstić information content (AvgIpc) is 2.85. The van der Waals surface area contributed by atoms with Crippen LogP contribution >= 0.6 is 0 Å². The maximum absolute atomic E-state index is 13.5. The molecule has 0 aliphatic carbocycles. The molecule has 0 spiro atoms. The van der Waals surface area contributed by atoms with Crippen LogP contribution in [0.1, 0.15) is 45.7 Å². The van der Waals surface area contributed by atoms with Gasteiger partial charge in [0.05, 0.1) is 24.8 Å². The van der Waals surface area contributed by atoms with Crippen LogP contribution in [0.5, 0.6) is 5.88 Å². The van der Waals surface area contributed by atoms with Crippen LogP contribution in [0.15, 0.2) is 36.5 Å². The molecule has 1 aliphatic heterocycles. The number of rotatable bonds is 8. The van der Waals surface area contributed by atoms with Gasteiger partial charge in [0, 0.05) is 37.3 Å². The number of carbonyl (C=O) groups is 2. The van der Waals surface area contributed by atoms with Crippen molar-refractivity contribution in [2.75, 3.05) is 47.4 Å². The molecule has 1 aromatic heterocycles. The molecule has 0 saturated carbocycles. The van der Waals surface area contributed by atoms with Crippen LogP contribution in [0.3, 0.4) is 0 Å². The SMILES string of the molecule is C[C@@H]1CN([C@@H](C)CO)C(=O)c2cc(C#CCN(C)C)cnc2O[C@@H]1CN(C)Cc1cccc(C(=O)O)c1. The van der Waals surface area contributed by atoms with E-state index in [9.17, 15) is 19.8 Å². The molecule has 9 heteroatoms. The minimum absolute atomic E-state index is 0.0553. The third-order valence-electron chi connectivity index (χ3n) is 6.27. The fourth-order valence-electron chi connectivity index (χ4n) is 4.17. The average molecular weight is 509 g/mol. The summed E-state index contributed by atoms with van der Waals surface area (Å²) in [7, 11) is 5.81. The number of carboxylic acid groups (broad SMARTS) is 1. The summed E-state index contributed by atoms with van der Waals surface area (Å²) >= 11 is 0. The number of aliphatic hydroxyl groups is 1. The van der Waals surface area contributed by atoms with Crippen LogP contribution in [0.4, 0.5) is 0 Å². The van der Waals surface area contributed by atoms with Gasteiger partial charge in [0.25, 0.3) is 5.91 Å². The zero-order valence-corrected chi connectivity index (χ0v) is 22.1. The van der Waals surface area contributed by atoms with Crippen molar-refractivity contribution in [2.24, 2.45) is 5.92 Å². The summed E-state index contributed by atoms with van der Waals surface area (Å²) < 4.78 is 6.34. The van der Waals surface area contributed by atoms with Crippen LogP contribution in [-0.2, 0) is 6.54 Å². The predicted molar refractivity (Wildman–Crippen MR) is 141 cm³/mol. The molecule has 2 aromatic rings. The van der Waals surface area contributed by atoms with Crippen molar-refractivity contribution in [2.45, 2.75) is 32.5 Å². The molecule has 3 rings (SSSR count). The third kappa shape index (κ3) is 7.52. The highest BCUT2D eigenvalue weighted by Gasteiger charge is 2.34. The Morgan fingerprint density at radius 2 is 2.05 bits per heavy atom. The first kappa shape index (κ1) is 28.1. The summed E-state index contributed by atoms with van der Waals surface area (Å²) in [6.07, 6.45) is 1.31. The molecule has 3 atom stereocenters. The van der Waals surface area contributed by atoms with E-state index >= 15 is 0 Å². The van der Waals surface area contributed by atoms with Gasteiger partial charge in [-0.05, 0) is 51.8 Å². The van der Waals surface area contributed by atoms with Gasteiger partial charge in [0.2, 0.25) is 5.88 Å². The monoisotopic (exact) mass is 508 g/mol. The summed E-state index contributed by atoms with van der Waals surface area (Å²) in [5.41, 5.74) is 2.07. The number of carbonyl (C=O) groups excluding carboxylic acids is 1. The number of amides is 1. The molecule has 37 heavy (non-hydrogen) atoms. The Hall–Kier alpha value is -3.45. The molecular weight excluding hydrogens is 472 g/mol. The second kappa shape index (κ2) is 12.7. The van der Waals surface area contributed by atoms with Gasteiger partial charge in [-0.3, -0.25) is 14.6 Å². The summed E-state index contributed by atoms with van der Waals surface area (Å²) in [5.74, 6) is 5.10. The number of benzene rings is 1. The maximum atomic E-state index is 13.5. The molecule has 0 saturated heterocycles. The highest BCUT2D eigenvalue weighted by atomic mass is 16.5. The highest BCUT2D eigenvalue weighted by Crippen LogP contribution is 2.27. The van der Waals surface area contributed by atoms with Gasteiger partial charge < -0.3 is 19.8 Å². The van der Waals surface area contributed by atoms with Crippen LogP contribution in [0.2, 0.25) is 0 Å². The van der Waals surface area contributed by atoms with Crippen LogP contribution < -0.4 is 4.74 Å². The second-order valence-corrected chi connectivity index (χ2v) is 9.94. The first-order valence-corrected chi connectivity index (χ1v) is 12.3. The Balaban J connectivity index is 1.88. The summed E-state index contributed by atoms with van der Waals surface area (Å²) in [6.45, 7) is 5.72. The number of aromatic carboxylic acids is 1. The van der Waals surface area contributed by atoms with E-state index in [2.05, 4.69) is 21.7 Å². The Bertz CT molecular complexity index is 1170. The zero-order chi connectivity index (χ0) is 27.1. The Kier molecular flexibility index (Phi) is 9.64. The van der Waals surface area contributed by atoms with Crippen LogP contribution in [0.25, 0.3) is 0 Å². The van der Waals surface area contributed by atoms with E-state index in [1.807, 2.05) is 46.0 Å². The predicted octanol–water partition coefficient (Wildman–Crippen LogP) is 2.04. The molecule has 198 valence electrons. The molecular formula is C28H36N4O5. The Labute approximate surface area is 218 Å². The topological polar surface area (TPSA) is 106 Å². The van der Waals surface area contributed by atoms with Gasteiger partial charge in [0.15, 0.2) is 0 Å². The van der Waals surface area contributed by atoms with Crippen molar-refractivity contribution in [3.63, 3.8) is 0 Å². The molecule has 0 bridgehead atoms. The fourth-order valence-corrected chi connectivity index (χ4v) is 4.17. The molecule has 2 heterocycles. The van der Waals surface area contributed by atoms with E-state index in [0.29, 0.717) is 37.3 Å². The molecule has 0 radical (unpaired) electrons. The smallest absolute Gasteiger partial charge is 0.335 e. The minimum Gasteiger partial charge on any atom is -0.478 e. The first-order valence-electron chi connectivity index (χ1n) is 12.3. The number of pyridine rings is 1. The summed E-state index contributed by atoms with van der Waals surface area (Å²) in [4.78, 5) is 35.0. The van der Waals surface area contributed by atoms with Crippen molar-refractivity contribution in [1.29, 1.82) is 0 Å². The second-order valence-electron chi connectivity index (χ2n) is 9.94. The molecule has 1 aliphatic rings. The first-order chi connectivity index (χ1) is 17.6. The number of ether oxygens (including phenoxy) is 1. The quantitative estimate of drug-likeness (QED) is 0.522. The van der Waals surface area contributed by atoms with E-state index in [-0.39, 0.29) is 42.0 Å². The molecule has 0 unspecified atom stereocenters. The standard InChI is InChI=1S/C28H36N4O5/c1-19-15-32(20(2)18-33)27(34)24-13-21(9-7-11-30(3)4)14-29-26(24)37-25(19)17-31(5)16-22-8-6-10-23(12-22)28(35)36/h6,8,10,12-14,19-20,25,33H,11,15-18H2,1-5H3,(H,35,36)/t19-,20+,25-/m1/s1. The lowest BCUT2D eigenvalue weighted by Gasteiger charge is -2.37. The van der Waals surface area contributed by atoms with Gasteiger partial charge >= 0.3 is 5.97 Å². The normalized spacial score (nSPS) is 18.4. The number of carboxylic acids is 1. The van der Waals surface area contributed by atoms with Crippen molar-refractivity contribution in [1.82, 2.24) is 19.7 Å². The molecule has 1 aromatic carbocycles. The Morgan fingerprint density at radius 1 is 1.30 bits per heavy atom. The van der Waals surface area contributed by atoms with Gasteiger partial charge in [-0.15, -0.1) is 0 Å². The molecule has 2 N–H and O–H groups in total. The van der Waals surface area contributed by atoms with Gasteiger partial charge in [-0.1, -0.05) is 30.9 Å². The minimum atomic E-state index is -0.960. The van der Waals surface area contributed by atoms with Gasteiger partial charge in [-0.25, -0.2) is 9.78 Å². The number of aliphatic hydroxyl groups excluding tert-OH is 1. The lowest BCUT2D eigenvalue weighted by atomic mass is 9.99. The van der Waals surface area contributed by atoms with Gasteiger partial charge in [0.1, 0.15) is 11.7 Å². The maximum Gasteiger partial charge on any atom is 0.335 e. The number of aromatic nitrogens is 1. The fraction of sp³-hybridized carbons (Fsp3) is 0.464. The molecule has 9 nitrogen and oxygen atoms in total. The number of fused-ring (bicyclic) bond motifs is 1. The van der Waals surface area contributed by atoms with Crippen molar-refractivity contribution >= 4 is 11.9 Å². The zero-order valence-electron chi connectivity index (χ0n) is 22.1. The van der Waals surface area contributed by atoms with E-state index in [0.717, 1.165) is 5.56 Å². The van der Waals surface area contributed by atoms with E-state index in [1.54, 1.807) is 35.4 Å². The van der Waals surface area contributed by atoms with Crippen molar-refractivity contribution < 1.29 is 24.5 Å². The number of hydrogen-bond acceptors (Lipinski definition) is 7. The number of nitrogens with zero attached hydrogens (tertiary/aromatic N) is 4. The van der Waals surface area contributed by atoms with E-state index in [1.165, 1.54) is 0 Å². The molecule has 0 fully saturated rings. The van der Waals surface area contributed by atoms with Crippen molar-refractivity contribution in [3.05, 3.63) is 58.8 Å². The highest BCUT2D eigenvalue weighted by molar-refractivity contribution is 5.97. The van der Waals surface area contributed by atoms with E-state index < -0.39 is 5.97 Å². The molecule has 1 amide bonds. The van der Waals surface area contributed by atoms with Crippen molar-refractivity contribution in [3.8, 4) is 17.7 Å².